The molecule has 7 heteroatoms. The normalized spacial score (nSPS) is 12.8. The first-order valence-electron chi connectivity index (χ1n) is 5.61. The molecule has 1 aromatic carbocycles. The van der Waals surface area contributed by atoms with E-state index in [0.29, 0.717) is 5.69 Å². The molecule has 0 radical (unpaired) electrons. The second-order valence-corrected chi connectivity index (χ2v) is 3.96. The Morgan fingerprint density at radius 3 is 2.21 bits per heavy atom. The first-order valence-corrected chi connectivity index (χ1v) is 5.61. The van der Waals surface area contributed by atoms with Gasteiger partial charge < -0.3 is 26.0 Å². The summed E-state index contributed by atoms with van der Waals surface area (Å²) in [4.78, 5) is 23.5. The summed E-state index contributed by atoms with van der Waals surface area (Å²) in [7, 11) is 0. The average molecular weight is 268 g/mol. The fraction of sp³-hybridized carbons (Fsp3) is 0.333. The number of para-hydroxylation sites is 1. The van der Waals surface area contributed by atoms with Gasteiger partial charge in [0, 0.05) is 12.2 Å². The van der Waals surface area contributed by atoms with Gasteiger partial charge in [0.1, 0.15) is 0 Å². The number of hydrogen-bond donors (Lipinski definition) is 4. The maximum Gasteiger partial charge on any atom is 0.366 e. The Hall–Kier alpha value is -2.12. The summed E-state index contributed by atoms with van der Waals surface area (Å²) < 4.78 is 0. The van der Waals surface area contributed by atoms with Gasteiger partial charge in [0.15, 0.2) is 6.04 Å². The van der Waals surface area contributed by atoms with Crippen LogP contribution in [-0.4, -0.2) is 45.6 Å². The Bertz CT molecular complexity index is 460. The molecular weight excluding hydrogens is 252 g/mol. The fourth-order valence-electron chi connectivity index (χ4n) is 1.82. The highest BCUT2D eigenvalue weighted by Crippen LogP contribution is 2.22. The van der Waals surface area contributed by atoms with E-state index in [4.69, 9.17) is 10.8 Å². The van der Waals surface area contributed by atoms with Gasteiger partial charge in [0.05, 0.1) is 0 Å². The van der Waals surface area contributed by atoms with Crippen LogP contribution in [0.15, 0.2) is 30.3 Å². The van der Waals surface area contributed by atoms with E-state index >= 15 is 0 Å². The lowest BCUT2D eigenvalue weighted by Crippen LogP contribution is -2.63. The lowest BCUT2D eigenvalue weighted by Gasteiger charge is -2.35. The first-order chi connectivity index (χ1) is 8.82. The highest BCUT2D eigenvalue weighted by Gasteiger charge is 2.49. The van der Waals surface area contributed by atoms with Crippen molar-refractivity contribution in [2.24, 2.45) is 5.73 Å². The van der Waals surface area contributed by atoms with E-state index in [1.54, 1.807) is 37.3 Å². The number of primary amides is 1. The van der Waals surface area contributed by atoms with Crippen molar-refractivity contribution in [3.63, 3.8) is 0 Å². The Labute approximate surface area is 109 Å². The number of carboxylic acid groups (broad SMARTS) is 1. The fourth-order valence-corrected chi connectivity index (χ4v) is 1.82. The summed E-state index contributed by atoms with van der Waals surface area (Å²) in [6.45, 7) is 1.81. The highest BCUT2D eigenvalue weighted by atomic mass is 16.5. The molecule has 0 aliphatic carbocycles. The van der Waals surface area contributed by atoms with E-state index in [0.717, 1.165) is 0 Å². The number of hydrogen-bond acceptors (Lipinski definition) is 5. The monoisotopic (exact) mass is 268 g/mol. The Balaban J connectivity index is 3.25. The molecule has 0 spiro atoms. The van der Waals surface area contributed by atoms with Crippen LogP contribution in [-0.2, 0) is 9.59 Å². The summed E-state index contributed by atoms with van der Waals surface area (Å²) in [5.41, 5.74) is 5.57. The summed E-state index contributed by atoms with van der Waals surface area (Å²) in [5.74, 6) is -6.35. The minimum Gasteiger partial charge on any atom is -0.477 e. The Morgan fingerprint density at radius 1 is 1.32 bits per heavy atom. The molecule has 0 heterocycles. The van der Waals surface area contributed by atoms with Gasteiger partial charge in [-0.2, -0.15) is 0 Å². The molecule has 0 bridgehead atoms. The lowest BCUT2D eigenvalue weighted by atomic mass is 10.0. The molecule has 0 aromatic heterocycles. The van der Waals surface area contributed by atoms with Crippen LogP contribution in [0.25, 0.3) is 0 Å². The van der Waals surface area contributed by atoms with Gasteiger partial charge in [-0.3, -0.25) is 4.79 Å². The van der Waals surface area contributed by atoms with Crippen molar-refractivity contribution in [2.45, 2.75) is 18.8 Å². The third-order valence-corrected chi connectivity index (χ3v) is 2.71. The molecule has 19 heavy (non-hydrogen) atoms. The highest BCUT2D eigenvalue weighted by molar-refractivity contribution is 5.92. The third-order valence-electron chi connectivity index (χ3n) is 2.71. The topological polar surface area (TPSA) is 124 Å². The Kier molecular flexibility index (Phi) is 4.47. The number of nitrogens with zero attached hydrogens (tertiary/aromatic N) is 1. The number of amides is 1. The van der Waals surface area contributed by atoms with Crippen LogP contribution in [0.5, 0.6) is 0 Å². The van der Waals surface area contributed by atoms with Gasteiger partial charge in [-0.05, 0) is 19.1 Å². The van der Waals surface area contributed by atoms with Gasteiger partial charge in [-0.15, -0.1) is 0 Å². The van der Waals surface area contributed by atoms with Crippen LogP contribution < -0.4 is 10.6 Å². The molecule has 0 fully saturated rings. The molecule has 0 saturated carbocycles. The van der Waals surface area contributed by atoms with E-state index in [-0.39, 0.29) is 6.54 Å². The number of aliphatic hydroxyl groups is 2. The number of likely N-dealkylation sites (N-methyl/N-ethyl adjacent to an activating group) is 1. The van der Waals surface area contributed by atoms with Gasteiger partial charge in [0.25, 0.3) is 5.79 Å². The number of aliphatic carboxylic acids is 1. The molecule has 5 N–H and O–H groups in total. The van der Waals surface area contributed by atoms with E-state index in [2.05, 4.69) is 0 Å². The van der Waals surface area contributed by atoms with Crippen molar-refractivity contribution in [3.8, 4) is 0 Å². The van der Waals surface area contributed by atoms with Crippen molar-refractivity contribution in [2.75, 3.05) is 11.4 Å². The van der Waals surface area contributed by atoms with Crippen molar-refractivity contribution in [1.82, 2.24) is 0 Å². The lowest BCUT2D eigenvalue weighted by molar-refractivity contribution is -0.210. The zero-order chi connectivity index (χ0) is 14.6. The molecule has 0 aliphatic rings. The Morgan fingerprint density at radius 2 is 1.84 bits per heavy atom. The largest absolute Gasteiger partial charge is 0.477 e. The van der Waals surface area contributed by atoms with Gasteiger partial charge in [-0.1, -0.05) is 18.2 Å². The van der Waals surface area contributed by atoms with Crippen molar-refractivity contribution in [1.29, 1.82) is 0 Å². The molecule has 7 nitrogen and oxygen atoms in total. The SMILES string of the molecule is CCN(c1ccccc1)[C@H](C(N)=O)C(O)(O)C(=O)O. The standard InChI is InChI=1S/C12H16N2O5/c1-2-14(8-6-4-3-5-7-8)9(10(13)15)12(18,19)11(16)17/h3-7,9,18-19H,2H2,1H3,(H2,13,15)(H,16,17)/t9-/m1/s1. The number of anilines is 1. The van der Waals surface area contributed by atoms with Crippen LogP contribution >= 0.6 is 0 Å². The van der Waals surface area contributed by atoms with Crippen LogP contribution in [0.1, 0.15) is 6.92 Å². The van der Waals surface area contributed by atoms with E-state index in [1.807, 2.05) is 0 Å². The summed E-state index contributed by atoms with van der Waals surface area (Å²) in [5, 5.41) is 28.0. The average Bonchev–Trinajstić information content (AvgIpc) is 2.35. The van der Waals surface area contributed by atoms with Crippen molar-refractivity contribution < 1.29 is 24.9 Å². The molecule has 0 unspecified atom stereocenters. The minimum atomic E-state index is -3.27. The molecule has 104 valence electrons. The van der Waals surface area contributed by atoms with Crippen LogP contribution in [0.4, 0.5) is 5.69 Å². The summed E-state index contributed by atoms with van der Waals surface area (Å²) >= 11 is 0. The number of carbonyl (C=O) groups excluding carboxylic acids is 1. The maximum atomic E-state index is 11.4. The van der Waals surface area contributed by atoms with Crippen LogP contribution in [0.3, 0.4) is 0 Å². The van der Waals surface area contributed by atoms with Gasteiger partial charge >= 0.3 is 5.97 Å². The van der Waals surface area contributed by atoms with Gasteiger partial charge in [-0.25, -0.2) is 4.79 Å². The zero-order valence-electron chi connectivity index (χ0n) is 10.4. The summed E-state index contributed by atoms with van der Waals surface area (Å²) in [6, 6.07) is 6.51. The predicted octanol–water partition coefficient (Wildman–Crippen LogP) is -0.868. The third kappa shape index (κ3) is 3.01. The van der Waals surface area contributed by atoms with Crippen molar-refractivity contribution >= 4 is 17.6 Å². The van der Waals surface area contributed by atoms with E-state index < -0.39 is 23.7 Å². The number of nitrogens with two attached hydrogens (primary N) is 1. The number of carbonyl (C=O) groups is 2. The quantitative estimate of drug-likeness (QED) is 0.497. The van der Waals surface area contributed by atoms with Gasteiger partial charge in [0.2, 0.25) is 5.91 Å². The number of benzene rings is 1. The molecule has 1 amide bonds. The van der Waals surface area contributed by atoms with E-state index in [1.165, 1.54) is 4.90 Å². The molecule has 1 aromatic rings. The summed E-state index contributed by atoms with van der Waals surface area (Å²) in [6.07, 6.45) is 0. The van der Waals surface area contributed by atoms with Crippen molar-refractivity contribution in [3.05, 3.63) is 30.3 Å². The van der Waals surface area contributed by atoms with Crippen LogP contribution in [0.2, 0.25) is 0 Å². The second-order valence-electron chi connectivity index (χ2n) is 3.96. The zero-order valence-corrected chi connectivity index (χ0v) is 10.4. The smallest absolute Gasteiger partial charge is 0.366 e. The predicted molar refractivity (Wildman–Crippen MR) is 67.2 cm³/mol. The number of carboxylic acids is 1. The molecular formula is C12H16N2O5. The molecule has 1 rings (SSSR count). The maximum absolute atomic E-state index is 11.4. The van der Waals surface area contributed by atoms with E-state index in [9.17, 15) is 19.8 Å². The first kappa shape index (κ1) is 14.9. The molecule has 1 atom stereocenters. The van der Waals surface area contributed by atoms with Crippen LogP contribution in [0, 0.1) is 0 Å². The molecule has 0 aliphatic heterocycles. The molecule has 0 saturated heterocycles. The number of rotatable bonds is 6. The minimum absolute atomic E-state index is 0.174. The second kappa shape index (κ2) is 5.68.